The first-order chi connectivity index (χ1) is 27.1. The Morgan fingerprint density at radius 2 is 1.12 bits per heavy atom. The van der Waals surface area contributed by atoms with E-state index in [1.807, 2.05) is 12.2 Å². The maximum absolute atomic E-state index is 12.6. The molecule has 2 unspecified atom stereocenters. The Balaban J connectivity index is 4.53. The Morgan fingerprint density at radius 3 is 1.75 bits per heavy atom. The molecule has 0 aromatic rings. The van der Waals surface area contributed by atoms with Gasteiger partial charge in [-0.25, -0.2) is 4.57 Å². The van der Waals surface area contributed by atoms with Gasteiger partial charge in [-0.1, -0.05) is 139 Å². The summed E-state index contributed by atoms with van der Waals surface area (Å²) < 4.78 is 32.5. The van der Waals surface area contributed by atoms with Crippen molar-refractivity contribution in [2.24, 2.45) is 0 Å². The summed E-state index contributed by atoms with van der Waals surface area (Å²) in [6, 6.07) is 0. The minimum Gasteiger partial charge on any atom is -0.462 e. The van der Waals surface area contributed by atoms with E-state index in [0.29, 0.717) is 19.3 Å². The van der Waals surface area contributed by atoms with E-state index < -0.39 is 64.5 Å². The average Bonchev–Trinajstić information content (AvgIpc) is 3.18. The molecule has 0 saturated heterocycles. The molecule has 56 heavy (non-hydrogen) atoms. The van der Waals surface area contributed by atoms with Crippen molar-refractivity contribution in [2.75, 3.05) is 26.4 Å². The normalized spacial score (nSPS) is 15.0. The van der Waals surface area contributed by atoms with E-state index in [9.17, 15) is 29.3 Å². The zero-order valence-electron chi connectivity index (χ0n) is 34.7. The molecule has 0 radical (unpaired) electrons. The summed E-state index contributed by atoms with van der Waals surface area (Å²) in [7, 11) is -4.67. The lowest BCUT2D eigenvalue weighted by Gasteiger charge is -2.20. The molecule has 0 heterocycles. The second-order valence-corrected chi connectivity index (χ2v) is 15.7. The fourth-order valence-corrected chi connectivity index (χ4v) is 6.17. The number of unbranched alkanes of at least 4 members (excludes halogenated alkanes) is 14. The number of rotatable bonds is 39. The third kappa shape index (κ3) is 38.5. The smallest absolute Gasteiger partial charge is 0.462 e. The van der Waals surface area contributed by atoms with Crippen molar-refractivity contribution in [3.8, 4) is 0 Å². The third-order valence-electron chi connectivity index (χ3n) is 8.75. The van der Waals surface area contributed by atoms with Crippen LogP contribution in [0.2, 0.25) is 0 Å². The van der Waals surface area contributed by atoms with Crippen LogP contribution in [-0.4, -0.2) is 76.9 Å². The van der Waals surface area contributed by atoms with Gasteiger partial charge in [0.2, 0.25) is 0 Å². The summed E-state index contributed by atoms with van der Waals surface area (Å²) >= 11 is 0. The minimum absolute atomic E-state index is 0.0122. The molecule has 12 heteroatoms. The van der Waals surface area contributed by atoms with Crippen LogP contribution in [0.25, 0.3) is 0 Å². The highest BCUT2D eigenvalue weighted by molar-refractivity contribution is 7.47. The predicted molar refractivity (Wildman–Crippen MR) is 225 cm³/mol. The Bertz CT molecular complexity index is 1130. The largest absolute Gasteiger partial charge is 0.472 e. The molecule has 0 amide bonds. The standard InChI is InChI=1S/C44H77O11P/c1-3-5-7-9-11-13-15-17-18-20-22-24-26-28-30-34-44(49)55-42(39-54-56(50,51)53-37-41(47)36-45)38-52-43(48)35-31-33-40(46)32-29-27-25-23-21-19-16-14-12-10-8-6-4-2/h11,13,17-19,21,25,27,29,32,40-42,45-47H,3-10,12,14-16,20,22-24,26,28,30-31,33-39H2,1-2H3,(H,50,51)/b13-11-,18-17-,21-19+,27-25+,32-29+/t40?,41-,42+/m0/s1. The lowest BCUT2D eigenvalue weighted by Crippen LogP contribution is -2.30. The molecule has 0 bridgehead atoms. The maximum atomic E-state index is 12.6. The Labute approximate surface area is 338 Å². The first kappa shape index (κ1) is 53.6. The molecule has 4 N–H and O–H groups in total. The van der Waals surface area contributed by atoms with Gasteiger partial charge in [-0.3, -0.25) is 18.6 Å². The molecular weight excluding hydrogens is 735 g/mol. The van der Waals surface area contributed by atoms with Crippen LogP contribution in [0.3, 0.4) is 0 Å². The highest BCUT2D eigenvalue weighted by Gasteiger charge is 2.27. The number of esters is 2. The van der Waals surface area contributed by atoms with E-state index in [4.69, 9.17) is 19.1 Å². The number of phosphoric ester groups is 1. The van der Waals surface area contributed by atoms with E-state index in [1.165, 1.54) is 57.8 Å². The van der Waals surface area contributed by atoms with Crippen LogP contribution in [0.15, 0.2) is 60.8 Å². The highest BCUT2D eigenvalue weighted by atomic mass is 31.2. The number of hydrogen-bond acceptors (Lipinski definition) is 10. The average molecular weight is 813 g/mol. The fourth-order valence-electron chi connectivity index (χ4n) is 5.38. The number of allylic oxidation sites excluding steroid dienone is 9. The van der Waals surface area contributed by atoms with E-state index in [2.05, 4.69) is 54.8 Å². The van der Waals surface area contributed by atoms with Crippen LogP contribution in [0, 0.1) is 0 Å². The maximum Gasteiger partial charge on any atom is 0.472 e. The van der Waals surface area contributed by atoms with Gasteiger partial charge in [0.25, 0.3) is 0 Å². The van der Waals surface area contributed by atoms with Crippen LogP contribution in [0.4, 0.5) is 0 Å². The zero-order valence-corrected chi connectivity index (χ0v) is 35.6. The van der Waals surface area contributed by atoms with Crippen LogP contribution < -0.4 is 0 Å². The van der Waals surface area contributed by atoms with Gasteiger partial charge in [0, 0.05) is 12.8 Å². The lowest BCUT2D eigenvalue weighted by molar-refractivity contribution is -0.161. The molecule has 0 aliphatic rings. The van der Waals surface area contributed by atoms with Gasteiger partial charge in [0.05, 0.1) is 25.9 Å². The van der Waals surface area contributed by atoms with Crippen molar-refractivity contribution in [2.45, 2.75) is 180 Å². The van der Waals surface area contributed by atoms with Crippen LogP contribution >= 0.6 is 7.82 Å². The molecule has 324 valence electrons. The monoisotopic (exact) mass is 813 g/mol. The molecule has 0 aromatic heterocycles. The Morgan fingerprint density at radius 1 is 0.607 bits per heavy atom. The van der Waals surface area contributed by atoms with Gasteiger partial charge in [-0.05, 0) is 70.6 Å². The van der Waals surface area contributed by atoms with Crippen LogP contribution in [0.5, 0.6) is 0 Å². The first-order valence-corrected chi connectivity index (χ1v) is 22.8. The van der Waals surface area contributed by atoms with Crippen LogP contribution in [-0.2, 0) is 32.7 Å². The van der Waals surface area contributed by atoms with Crippen LogP contribution in [0.1, 0.15) is 162 Å². The minimum atomic E-state index is -4.67. The predicted octanol–water partition coefficient (Wildman–Crippen LogP) is 10.1. The van der Waals surface area contributed by atoms with Crippen molar-refractivity contribution < 1.29 is 52.9 Å². The molecule has 0 aliphatic heterocycles. The number of ether oxygens (including phenoxy) is 2. The number of aliphatic hydroxyl groups excluding tert-OH is 3. The summed E-state index contributed by atoms with van der Waals surface area (Å²) in [6.07, 6.45) is 39.3. The van der Waals surface area contributed by atoms with Gasteiger partial charge in [-0.2, -0.15) is 0 Å². The van der Waals surface area contributed by atoms with Gasteiger partial charge in [0.15, 0.2) is 6.10 Å². The van der Waals surface area contributed by atoms with Crippen molar-refractivity contribution in [3.63, 3.8) is 0 Å². The van der Waals surface area contributed by atoms with E-state index in [0.717, 1.165) is 57.8 Å². The molecule has 0 saturated carbocycles. The molecule has 0 fully saturated rings. The topological polar surface area (TPSA) is 169 Å². The Kier molecular flexibility index (Phi) is 37.8. The number of carbonyl (C=O) groups excluding carboxylic acids is 2. The molecule has 0 aromatic carbocycles. The highest BCUT2D eigenvalue weighted by Crippen LogP contribution is 2.43. The molecule has 0 rings (SSSR count). The van der Waals surface area contributed by atoms with E-state index >= 15 is 0 Å². The summed E-state index contributed by atoms with van der Waals surface area (Å²) in [5, 5.41) is 28.6. The number of phosphoric acid groups is 1. The van der Waals surface area contributed by atoms with Gasteiger partial charge < -0.3 is 29.7 Å². The van der Waals surface area contributed by atoms with Crippen molar-refractivity contribution in [1.29, 1.82) is 0 Å². The van der Waals surface area contributed by atoms with E-state index in [1.54, 1.807) is 12.2 Å². The third-order valence-corrected chi connectivity index (χ3v) is 9.70. The fraction of sp³-hybridized carbons (Fsp3) is 0.727. The molecule has 11 nitrogen and oxygen atoms in total. The molecule has 0 aliphatic carbocycles. The van der Waals surface area contributed by atoms with Gasteiger partial charge in [-0.15, -0.1) is 0 Å². The summed E-state index contributed by atoms with van der Waals surface area (Å²) in [5.74, 6) is -1.14. The number of hydrogen-bond donors (Lipinski definition) is 4. The second kappa shape index (κ2) is 39.5. The lowest BCUT2D eigenvalue weighted by atomic mass is 10.1. The van der Waals surface area contributed by atoms with E-state index in [-0.39, 0.29) is 12.8 Å². The summed E-state index contributed by atoms with van der Waals surface area (Å²) in [4.78, 5) is 35.0. The summed E-state index contributed by atoms with van der Waals surface area (Å²) in [6.45, 7) is 2.10. The molecule has 0 spiro atoms. The molecular formula is C44H77O11P. The first-order valence-electron chi connectivity index (χ1n) is 21.4. The second-order valence-electron chi connectivity index (χ2n) is 14.2. The van der Waals surface area contributed by atoms with Gasteiger partial charge in [0.1, 0.15) is 12.7 Å². The SMILES string of the molecule is CCCCC/C=C\C/C=C\CCCCCCCC(=O)O[C@H](COC(=O)CCCC(O)/C=C/C=C/C/C=C/CCCCCCCC)COP(=O)(O)OC[C@@H](O)CO. The van der Waals surface area contributed by atoms with Crippen molar-refractivity contribution in [3.05, 3.63) is 60.8 Å². The Hall–Kier alpha value is -2.37. The summed E-state index contributed by atoms with van der Waals surface area (Å²) in [5.41, 5.74) is 0. The number of carbonyl (C=O) groups is 2. The quantitative estimate of drug-likeness (QED) is 0.0153. The number of aliphatic hydroxyl groups is 3. The van der Waals surface area contributed by atoms with Gasteiger partial charge >= 0.3 is 19.8 Å². The van der Waals surface area contributed by atoms with Crippen molar-refractivity contribution >= 4 is 19.8 Å². The molecule has 4 atom stereocenters. The van der Waals surface area contributed by atoms with Crippen molar-refractivity contribution in [1.82, 2.24) is 0 Å². The zero-order chi connectivity index (χ0) is 41.4.